The zero-order valence-electron chi connectivity index (χ0n) is 16.3. The minimum atomic E-state index is -0.382. The second kappa shape index (κ2) is 8.21. The van der Waals surface area contributed by atoms with Gasteiger partial charge in [-0.25, -0.2) is 9.37 Å². The highest BCUT2D eigenvalue weighted by molar-refractivity contribution is 5.92. The van der Waals surface area contributed by atoms with Crippen LogP contribution in [-0.2, 0) is 16.6 Å². The number of amides is 1. The molecule has 28 heavy (non-hydrogen) atoms. The Labute approximate surface area is 164 Å². The fourth-order valence-corrected chi connectivity index (χ4v) is 2.95. The molecule has 144 valence electrons. The maximum Gasteiger partial charge on any atom is 0.228 e. The normalized spacial score (nSPS) is 11.1. The van der Waals surface area contributed by atoms with Crippen molar-refractivity contribution in [1.29, 1.82) is 0 Å². The maximum atomic E-state index is 13.7. The van der Waals surface area contributed by atoms with Gasteiger partial charge in [0.15, 0.2) is 0 Å². The summed E-state index contributed by atoms with van der Waals surface area (Å²) < 4.78 is 13.7. The Bertz CT molecular complexity index is 962. The number of aromatic nitrogens is 1. The molecule has 1 heterocycles. The van der Waals surface area contributed by atoms with Gasteiger partial charge in [0.25, 0.3) is 0 Å². The Morgan fingerprint density at radius 3 is 2.39 bits per heavy atom. The average Bonchev–Trinajstić information content (AvgIpc) is 2.65. The first-order valence-electron chi connectivity index (χ1n) is 9.19. The number of hydrogen-bond acceptors (Lipinski definition) is 3. The lowest BCUT2D eigenvalue weighted by molar-refractivity contribution is -0.115. The number of pyridine rings is 1. The van der Waals surface area contributed by atoms with Crippen LogP contribution in [0.3, 0.4) is 0 Å². The Kier molecular flexibility index (Phi) is 5.73. The van der Waals surface area contributed by atoms with E-state index in [-0.39, 0.29) is 23.6 Å². The Morgan fingerprint density at radius 1 is 1.00 bits per heavy atom. The molecule has 0 aliphatic rings. The molecule has 0 radical (unpaired) electrons. The summed E-state index contributed by atoms with van der Waals surface area (Å²) in [6.45, 7) is 6.49. The molecule has 2 aromatic carbocycles. The number of carbonyl (C=O) groups is 1. The number of para-hydroxylation sites is 1. The molecule has 0 spiro atoms. The molecule has 5 heteroatoms. The largest absolute Gasteiger partial charge is 0.340 e. The quantitative estimate of drug-likeness (QED) is 0.622. The molecule has 0 fully saturated rings. The van der Waals surface area contributed by atoms with E-state index >= 15 is 0 Å². The van der Waals surface area contributed by atoms with Gasteiger partial charge in [-0.05, 0) is 40.8 Å². The van der Waals surface area contributed by atoms with E-state index < -0.39 is 0 Å². The number of nitrogens with one attached hydrogen (secondary N) is 2. The van der Waals surface area contributed by atoms with Gasteiger partial charge in [-0.1, -0.05) is 57.2 Å². The van der Waals surface area contributed by atoms with Crippen LogP contribution in [0.25, 0.3) is 0 Å². The first-order valence-corrected chi connectivity index (χ1v) is 9.19. The van der Waals surface area contributed by atoms with Crippen molar-refractivity contribution >= 4 is 23.1 Å². The zero-order chi connectivity index (χ0) is 20.1. The van der Waals surface area contributed by atoms with Crippen LogP contribution in [0.15, 0.2) is 66.9 Å². The predicted octanol–water partition coefficient (Wildman–Crippen LogP) is 5.44. The average molecular weight is 377 g/mol. The summed E-state index contributed by atoms with van der Waals surface area (Å²) in [4.78, 5) is 16.5. The molecular weight excluding hydrogens is 353 g/mol. The number of rotatable bonds is 5. The van der Waals surface area contributed by atoms with E-state index in [1.165, 1.54) is 11.6 Å². The van der Waals surface area contributed by atoms with Gasteiger partial charge in [0.2, 0.25) is 5.91 Å². The van der Waals surface area contributed by atoms with E-state index in [2.05, 4.69) is 42.5 Å². The molecule has 4 nitrogen and oxygen atoms in total. The first-order chi connectivity index (χ1) is 13.3. The van der Waals surface area contributed by atoms with Crippen LogP contribution in [0, 0.1) is 5.82 Å². The van der Waals surface area contributed by atoms with Crippen LogP contribution in [0.2, 0.25) is 0 Å². The molecule has 1 aromatic heterocycles. The summed E-state index contributed by atoms with van der Waals surface area (Å²) >= 11 is 0. The molecule has 0 aliphatic carbocycles. The van der Waals surface area contributed by atoms with Crippen LogP contribution < -0.4 is 10.6 Å². The van der Waals surface area contributed by atoms with E-state index in [1.54, 1.807) is 36.5 Å². The molecular formula is C23H24FN3O. The summed E-state index contributed by atoms with van der Waals surface area (Å²) in [5.41, 5.74) is 3.13. The molecule has 0 saturated carbocycles. The van der Waals surface area contributed by atoms with Crippen molar-refractivity contribution in [2.75, 3.05) is 10.6 Å². The van der Waals surface area contributed by atoms with Crippen LogP contribution >= 0.6 is 0 Å². The number of anilines is 3. The minimum absolute atomic E-state index is 0.00419. The van der Waals surface area contributed by atoms with E-state index in [4.69, 9.17) is 0 Å². The molecule has 2 N–H and O–H groups in total. The number of halogens is 1. The lowest BCUT2D eigenvalue weighted by Gasteiger charge is -2.23. The lowest BCUT2D eigenvalue weighted by atomic mass is 9.86. The van der Waals surface area contributed by atoms with Crippen molar-refractivity contribution in [2.24, 2.45) is 0 Å². The second-order valence-corrected chi connectivity index (χ2v) is 7.67. The van der Waals surface area contributed by atoms with Gasteiger partial charge in [0.05, 0.1) is 18.3 Å². The lowest BCUT2D eigenvalue weighted by Crippen LogP contribution is -2.15. The third-order valence-electron chi connectivity index (χ3n) is 4.35. The molecule has 1 amide bonds. The van der Waals surface area contributed by atoms with Gasteiger partial charge in [-0.15, -0.1) is 0 Å². The van der Waals surface area contributed by atoms with Crippen LogP contribution in [-0.4, -0.2) is 10.9 Å². The van der Waals surface area contributed by atoms with Gasteiger partial charge in [-0.3, -0.25) is 4.79 Å². The van der Waals surface area contributed by atoms with Gasteiger partial charge >= 0.3 is 0 Å². The van der Waals surface area contributed by atoms with Gasteiger partial charge in [-0.2, -0.15) is 0 Å². The molecule has 3 aromatic rings. The van der Waals surface area contributed by atoms with Gasteiger partial charge < -0.3 is 10.6 Å². The fourth-order valence-electron chi connectivity index (χ4n) is 2.95. The first kappa shape index (κ1) is 19.5. The summed E-state index contributed by atoms with van der Waals surface area (Å²) in [6.07, 6.45) is 1.56. The number of benzene rings is 2. The molecule has 0 unspecified atom stereocenters. The number of hydrogen-bond donors (Lipinski definition) is 2. The Balaban J connectivity index is 1.66. The van der Waals surface area contributed by atoms with Crippen molar-refractivity contribution < 1.29 is 9.18 Å². The highest BCUT2D eigenvalue weighted by Crippen LogP contribution is 2.30. The van der Waals surface area contributed by atoms with Crippen molar-refractivity contribution in [2.45, 2.75) is 32.6 Å². The van der Waals surface area contributed by atoms with Crippen LogP contribution in [0.1, 0.15) is 31.9 Å². The van der Waals surface area contributed by atoms with Crippen LogP contribution in [0.4, 0.5) is 21.6 Å². The minimum Gasteiger partial charge on any atom is -0.340 e. The van der Waals surface area contributed by atoms with Crippen molar-refractivity contribution in [3.05, 3.63) is 83.8 Å². The van der Waals surface area contributed by atoms with E-state index in [1.807, 2.05) is 18.2 Å². The molecule has 0 saturated heterocycles. The molecule has 0 aliphatic heterocycles. The maximum absolute atomic E-state index is 13.7. The topological polar surface area (TPSA) is 54.0 Å². The third kappa shape index (κ3) is 4.94. The second-order valence-electron chi connectivity index (χ2n) is 7.67. The van der Waals surface area contributed by atoms with Crippen molar-refractivity contribution in [3.8, 4) is 0 Å². The summed E-state index contributed by atoms with van der Waals surface area (Å²) in [5, 5.41) is 6.08. The standard InChI is InChI=1S/C23H24FN3O/c1-23(2,3)18-9-5-7-11-20(18)27-21-13-12-17(15-25-21)26-22(28)14-16-8-4-6-10-19(16)24/h4-13,15H,14H2,1-3H3,(H,25,27)(H,26,28). The number of carbonyl (C=O) groups excluding carboxylic acids is 1. The summed E-state index contributed by atoms with van der Waals surface area (Å²) in [7, 11) is 0. The summed E-state index contributed by atoms with van der Waals surface area (Å²) in [5.74, 6) is 0.0160. The van der Waals surface area contributed by atoms with Crippen molar-refractivity contribution in [3.63, 3.8) is 0 Å². The summed E-state index contributed by atoms with van der Waals surface area (Å²) in [6, 6.07) is 18.0. The smallest absolute Gasteiger partial charge is 0.228 e. The van der Waals surface area contributed by atoms with E-state index in [0.29, 0.717) is 17.1 Å². The van der Waals surface area contributed by atoms with Gasteiger partial charge in [0, 0.05) is 5.69 Å². The monoisotopic (exact) mass is 377 g/mol. The van der Waals surface area contributed by atoms with Gasteiger partial charge in [0.1, 0.15) is 11.6 Å². The predicted molar refractivity (Wildman–Crippen MR) is 111 cm³/mol. The molecule has 0 atom stereocenters. The third-order valence-corrected chi connectivity index (χ3v) is 4.35. The fraction of sp³-hybridized carbons (Fsp3) is 0.217. The van der Waals surface area contributed by atoms with E-state index in [0.717, 1.165) is 5.69 Å². The molecule has 3 rings (SSSR count). The Morgan fingerprint density at radius 2 is 1.71 bits per heavy atom. The highest BCUT2D eigenvalue weighted by Gasteiger charge is 2.17. The van der Waals surface area contributed by atoms with E-state index in [9.17, 15) is 9.18 Å². The molecule has 0 bridgehead atoms. The highest BCUT2D eigenvalue weighted by atomic mass is 19.1. The zero-order valence-corrected chi connectivity index (χ0v) is 16.3. The Hall–Kier alpha value is -3.21. The van der Waals surface area contributed by atoms with Crippen LogP contribution in [0.5, 0.6) is 0 Å². The SMILES string of the molecule is CC(C)(C)c1ccccc1Nc1ccc(NC(=O)Cc2ccccc2F)cn1. The number of nitrogens with zero attached hydrogens (tertiary/aromatic N) is 1. The van der Waals surface area contributed by atoms with Crippen molar-refractivity contribution in [1.82, 2.24) is 4.98 Å².